The van der Waals surface area contributed by atoms with E-state index in [4.69, 9.17) is 4.74 Å². The summed E-state index contributed by atoms with van der Waals surface area (Å²) in [4.78, 5) is 30.0. The van der Waals surface area contributed by atoms with E-state index < -0.39 is 0 Å². The van der Waals surface area contributed by atoms with Crippen LogP contribution in [-0.4, -0.2) is 54.7 Å². The molecule has 2 aliphatic rings. The highest BCUT2D eigenvalue weighted by molar-refractivity contribution is 7.09. The minimum atomic E-state index is -0.0409. The lowest BCUT2D eigenvalue weighted by Gasteiger charge is -2.26. The van der Waals surface area contributed by atoms with E-state index in [1.807, 2.05) is 23.6 Å². The summed E-state index contributed by atoms with van der Waals surface area (Å²) < 4.78 is 5.25. The predicted octanol–water partition coefficient (Wildman–Crippen LogP) is 1.89. The molecular weight excluding hydrogens is 352 g/mol. The Kier molecular flexibility index (Phi) is 4.85. The highest BCUT2D eigenvalue weighted by atomic mass is 32.1. The zero-order chi connectivity index (χ0) is 17.9. The van der Waals surface area contributed by atoms with E-state index >= 15 is 0 Å². The Labute approximate surface area is 155 Å². The first-order chi connectivity index (χ1) is 12.7. The summed E-state index contributed by atoms with van der Waals surface area (Å²) in [6, 6.07) is 5.88. The van der Waals surface area contributed by atoms with Gasteiger partial charge in [-0.15, -0.1) is 11.3 Å². The SMILES string of the molecule is O=C1Cc2cc(-c3csc(CCNC(=O)N4CCOCC4)n3)ccc2N1. The Hall–Kier alpha value is -2.45. The van der Waals surface area contributed by atoms with Gasteiger partial charge in [-0.25, -0.2) is 9.78 Å². The molecule has 0 spiro atoms. The molecule has 3 amide bonds. The Morgan fingerprint density at radius 1 is 1.35 bits per heavy atom. The molecule has 8 heteroatoms. The summed E-state index contributed by atoms with van der Waals surface area (Å²) in [6.45, 7) is 3.05. The Bertz CT molecular complexity index is 830. The van der Waals surface area contributed by atoms with E-state index in [9.17, 15) is 9.59 Å². The summed E-state index contributed by atoms with van der Waals surface area (Å²) in [5.41, 5.74) is 3.83. The van der Waals surface area contributed by atoms with Crippen LogP contribution in [0.3, 0.4) is 0 Å². The smallest absolute Gasteiger partial charge is 0.317 e. The van der Waals surface area contributed by atoms with Crippen molar-refractivity contribution in [3.63, 3.8) is 0 Å². The van der Waals surface area contributed by atoms with Crippen molar-refractivity contribution in [1.82, 2.24) is 15.2 Å². The van der Waals surface area contributed by atoms with Crippen molar-refractivity contribution in [2.24, 2.45) is 0 Å². The van der Waals surface area contributed by atoms with Gasteiger partial charge in [-0.05, 0) is 17.7 Å². The second-order valence-electron chi connectivity index (χ2n) is 6.30. The van der Waals surface area contributed by atoms with E-state index in [2.05, 4.69) is 15.6 Å². The number of rotatable bonds is 4. The van der Waals surface area contributed by atoms with Gasteiger partial charge in [0, 0.05) is 42.7 Å². The first kappa shape index (κ1) is 17.0. The number of carbonyl (C=O) groups excluding carboxylic acids is 2. The van der Waals surface area contributed by atoms with Gasteiger partial charge >= 0.3 is 6.03 Å². The Morgan fingerprint density at radius 3 is 3.04 bits per heavy atom. The highest BCUT2D eigenvalue weighted by Crippen LogP contribution is 2.29. The van der Waals surface area contributed by atoms with Gasteiger partial charge in [0.1, 0.15) is 0 Å². The van der Waals surface area contributed by atoms with Crippen LogP contribution in [0.25, 0.3) is 11.3 Å². The number of thiazole rings is 1. The van der Waals surface area contributed by atoms with E-state index in [-0.39, 0.29) is 11.9 Å². The number of urea groups is 1. The molecule has 0 radical (unpaired) electrons. The van der Waals surface area contributed by atoms with Crippen LogP contribution >= 0.6 is 11.3 Å². The lowest BCUT2D eigenvalue weighted by Crippen LogP contribution is -2.46. The highest BCUT2D eigenvalue weighted by Gasteiger charge is 2.19. The van der Waals surface area contributed by atoms with Gasteiger partial charge < -0.3 is 20.3 Å². The molecule has 26 heavy (non-hydrogen) atoms. The van der Waals surface area contributed by atoms with Crippen LogP contribution in [0.15, 0.2) is 23.6 Å². The first-order valence-electron chi connectivity index (χ1n) is 8.67. The number of carbonyl (C=O) groups is 2. The zero-order valence-electron chi connectivity index (χ0n) is 14.3. The second-order valence-corrected chi connectivity index (χ2v) is 7.25. The lowest BCUT2D eigenvalue weighted by atomic mass is 10.1. The molecule has 4 rings (SSSR count). The van der Waals surface area contributed by atoms with E-state index in [1.54, 1.807) is 16.2 Å². The van der Waals surface area contributed by atoms with Crippen molar-refractivity contribution in [2.45, 2.75) is 12.8 Å². The number of morpholine rings is 1. The number of amides is 3. The van der Waals surface area contributed by atoms with Crippen molar-refractivity contribution < 1.29 is 14.3 Å². The standard InChI is InChI=1S/C18H20N4O3S/c23-16-10-13-9-12(1-2-14(13)20-16)15-11-26-17(21-15)3-4-19-18(24)22-5-7-25-8-6-22/h1-2,9,11H,3-8,10H2,(H,19,24)(H,20,23). The minimum absolute atomic E-state index is 0.0344. The average molecular weight is 372 g/mol. The van der Waals surface area contributed by atoms with Gasteiger partial charge in [-0.3, -0.25) is 4.79 Å². The van der Waals surface area contributed by atoms with Crippen LogP contribution in [0.2, 0.25) is 0 Å². The molecule has 0 bridgehead atoms. The molecule has 3 heterocycles. The first-order valence-corrected chi connectivity index (χ1v) is 9.55. The van der Waals surface area contributed by atoms with Gasteiger partial charge in [-0.2, -0.15) is 0 Å². The monoisotopic (exact) mass is 372 g/mol. The Morgan fingerprint density at radius 2 is 2.19 bits per heavy atom. The fraction of sp³-hybridized carbons (Fsp3) is 0.389. The lowest BCUT2D eigenvalue weighted by molar-refractivity contribution is -0.115. The molecule has 0 atom stereocenters. The van der Waals surface area contributed by atoms with E-state index in [0.29, 0.717) is 45.7 Å². The number of ether oxygens (including phenoxy) is 1. The largest absolute Gasteiger partial charge is 0.378 e. The third kappa shape index (κ3) is 3.71. The van der Waals surface area contributed by atoms with Crippen LogP contribution in [-0.2, 0) is 22.4 Å². The summed E-state index contributed by atoms with van der Waals surface area (Å²) in [5.74, 6) is 0.0344. The van der Waals surface area contributed by atoms with Gasteiger partial charge in [0.2, 0.25) is 5.91 Å². The summed E-state index contributed by atoms with van der Waals surface area (Å²) in [6.07, 6.45) is 1.12. The number of benzene rings is 1. The molecule has 1 fully saturated rings. The number of fused-ring (bicyclic) bond motifs is 1. The third-order valence-corrected chi connectivity index (χ3v) is 5.40. The summed E-state index contributed by atoms with van der Waals surface area (Å²) in [5, 5.41) is 8.78. The molecule has 136 valence electrons. The van der Waals surface area contributed by atoms with Crippen molar-refractivity contribution in [3.05, 3.63) is 34.2 Å². The maximum Gasteiger partial charge on any atom is 0.317 e. The normalized spacial score (nSPS) is 16.3. The molecular formula is C18H20N4O3S. The molecule has 2 N–H and O–H groups in total. The summed E-state index contributed by atoms with van der Waals surface area (Å²) >= 11 is 1.59. The van der Waals surface area contributed by atoms with Crippen molar-refractivity contribution >= 4 is 29.0 Å². The number of anilines is 1. The van der Waals surface area contributed by atoms with Gasteiger partial charge in [0.25, 0.3) is 0 Å². The van der Waals surface area contributed by atoms with Crippen molar-refractivity contribution in [3.8, 4) is 11.3 Å². The molecule has 1 saturated heterocycles. The van der Waals surface area contributed by atoms with Crippen LogP contribution in [0.5, 0.6) is 0 Å². The van der Waals surface area contributed by atoms with Crippen LogP contribution in [0, 0.1) is 0 Å². The molecule has 7 nitrogen and oxygen atoms in total. The fourth-order valence-electron chi connectivity index (χ4n) is 3.10. The van der Waals surface area contributed by atoms with Gasteiger partial charge in [0.05, 0.1) is 30.3 Å². The molecule has 2 aliphatic heterocycles. The molecule has 1 aromatic heterocycles. The number of aromatic nitrogens is 1. The van der Waals surface area contributed by atoms with Crippen molar-refractivity contribution in [2.75, 3.05) is 38.2 Å². The maximum absolute atomic E-state index is 12.1. The van der Waals surface area contributed by atoms with E-state index in [1.165, 1.54) is 0 Å². The average Bonchev–Trinajstić information content (AvgIpc) is 3.27. The zero-order valence-corrected chi connectivity index (χ0v) is 15.1. The number of nitrogens with zero attached hydrogens (tertiary/aromatic N) is 2. The number of nitrogens with one attached hydrogen (secondary N) is 2. The Balaban J connectivity index is 1.33. The van der Waals surface area contributed by atoms with Crippen LogP contribution in [0.1, 0.15) is 10.6 Å². The second kappa shape index (κ2) is 7.43. The number of hydrogen-bond acceptors (Lipinski definition) is 5. The third-order valence-electron chi connectivity index (χ3n) is 4.49. The fourth-order valence-corrected chi connectivity index (χ4v) is 3.91. The quantitative estimate of drug-likeness (QED) is 0.859. The van der Waals surface area contributed by atoms with Gasteiger partial charge in [0.15, 0.2) is 0 Å². The molecule has 0 saturated carbocycles. The predicted molar refractivity (Wildman–Crippen MR) is 99.4 cm³/mol. The molecule has 1 aromatic carbocycles. The van der Waals surface area contributed by atoms with Gasteiger partial charge in [-0.1, -0.05) is 6.07 Å². The molecule has 0 unspecified atom stereocenters. The minimum Gasteiger partial charge on any atom is -0.378 e. The molecule has 2 aromatic rings. The van der Waals surface area contributed by atoms with Crippen LogP contribution < -0.4 is 10.6 Å². The summed E-state index contributed by atoms with van der Waals surface area (Å²) in [7, 11) is 0. The molecule has 0 aliphatic carbocycles. The van der Waals surface area contributed by atoms with E-state index in [0.717, 1.165) is 27.5 Å². The van der Waals surface area contributed by atoms with Crippen molar-refractivity contribution in [1.29, 1.82) is 0 Å². The number of hydrogen-bond donors (Lipinski definition) is 2. The topological polar surface area (TPSA) is 83.6 Å². The maximum atomic E-state index is 12.1. The van der Waals surface area contributed by atoms with Crippen LogP contribution in [0.4, 0.5) is 10.5 Å².